The van der Waals surface area contributed by atoms with E-state index in [1.165, 1.54) is 44.2 Å². The first-order valence-corrected chi connectivity index (χ1v) is 11.1. The Morgan fingerprint density at radius 2 is 1.87 bits per heavy atom. The lowest BCUT2D eigenvalue weighted by Gasteiger charge is -2.25. The van der Waals surface area contributed by atoms with E-state index in [0.29, 0.717) is 12.6 Å². The van der Waals surface area contributed by atoms with Crippen LogP contribution in [0.15, 0.2) is 22.8 Å². The van der Waals surface area contributed by atoms with Crippen molar-refractivity contribution in [1.82, 2.24) is 14.8 Å². The van der Waals surface area contributed by atoms with Crippen LogP contribution in [0.2, 0.25) is 0 Å². The van der Waals surface area contributed by atoms with E-state index in [-0.39, 0.29) is 23.8 Å². The van der Waals surface area contributed by atoms with Crippen molar-refractivity contribution in [3.05, 3.63) is 35.7 Å². The van der Waals surface area contributed by atoms with Crippen molar-refractivity contribution in [1.29, 1.82) is 0 Å². The summed E-state index contributed by atoms with van der Waals surface area (Å²) in [4.78, 5) is 9.14. The zero-order valence-corrected chi connectivity index (χ0v) is 17.7. The Morgan fingerprint density at radius 1 is 1.10 bits per heavy atom. The van der Waals surface area contributed by atoms with Gasteiger partial charge in [-0.2, -0.15) is 0 Å². The molecule has 1 aromatic carbocycles. The van der Waals surface area contributed by atoms with Crippen molar-refractivity contribution in [3.8, 4) is 17.2 Å². The zero-order valence-electron chi connectivity index (χ0n) is 17.7. The molecule has 1 unspecified atom stereocenters. The predicted octanol–water partition coefficient (Wildman–Crippen LogP) is 4.86. The fraction of sp³-hybridized carbons (Fsp3) is 0.609. The Morgan fingerprint density at radius 3 is 2.57 bits per heavy atom. The van der Waals surface area contributed by atoms with Gasteiger partial charge in [-0.05, 0) is 70.8 Å². The van der Waals surface area contributed by atoms with Crippen molar-refractivity contribution in [3.63, 3.8) is 0 Å². The van der Waals surface area contributed by atoms with E-state index in [2.05, 4.69) is 21.7 Å². The fourth-order valence-electron chi connectivity index (χ4n) is 4.45. The lowest BCUT2D eigenvalue weighted by molar-refractivity contribution is 0.218. The standard InChI is InChI=1S/C23H31F2N3O2/c1-17-7-5-10-28(17)11-6-12-29-22-20(24)13-18(14-21(22)25)23-26-19(16-30-23)15-27-8-3-2-4-9-27/h13-14,16-17H,2-12,15H2,1H3. The summed E-state index contributed by atoms with van der Waals surface area (Å²) in [6.07, 6.45) is 8.40. The molecule has 0 aliphatic carbocycles. The first kappa shape index (κ1) is 21.2. The van der Waals surface area contributed by atoms with Gasteiger partial charge in [-0.3, -0.25) is 4.90 Å². The third-order valence-electron chi connectivity index (χ3n) is 6.16. The Hall–Kier alpha value is -1.99. The molecule has 2 aliphatic heterocycles. The quantitative estimate of drug-likeness (QED) is 0.572. The van der Waals surface area contributed by atoms with Gasteiger partial charge in [0.2, 0.25) is 5.89 Å². The maximum Gasteiger partial charge on any atom is 0.226 e. The summed E-state index contributed by atoms with van der Waals surface area (Å²) in [7, 11) is 0. The van der Waals surface area contributed by atoms with E-state index < -0.39 is 11.6 Å². The van der Waals surface area contributed by atoms with Gasteiger partial charge in [0.15, 0.2) is 17.4 Å². The van der Waals surface area contributed by atoms with Gasteiger partial charge >= 0.3 is 0 Å². The minimum absolute atomic E-state index is 0.231. The van der Waals surface area contributed by atoms with E-state index >= 15 is 0 Å². The number of likely N-dealkylation sites (tertiary alicyclic amines) is 2. The van der Waals surface area contributed by atoms with Gasteiger partial charge in [0.25, 0.3) is 0 Å². The molecule has 30 heavy (non-hydrogen) atoms. The van der Waals surface area contributed by atoms with Crippen molar-refractivity contribution < 1.29 is 17.9 Å². The molecule has 2 aliphatic rings. The van der Waals surface area contributed by atoms with Crippen molar-refractivity contribution in [2.45, 2.75) is 58.0 Å². The van der Waals surface area contributed by atoms with E-state index in [0.717, 1.165) is 38.3 Å². The first-order valence-electron chi connectivity index (χ1n) is 11.1. The number of hydrogen-bond acceptors (Lipinski definition) is 5. The average molecular weight is 420 g/mol. The van der Waals surface area contributed by atoms with Gasteiger partial charge in [-0.1, -0.05) is 6.42 Å². The smallest absolute Gasteiger partial charge is 0.226 e. The second-order valence-electron chi connectivity index (χ2n) is 8.48. The van der Waals surface area contributed by atoms with Crippen LogP contribution in [0.25, 0.3) is 11.5 Å². The lowest BCUT2D eigenvalue weighted by atomic mass is 10.1. The normalized spacial score (nSPS) is 20.7. The largest absolute Gasteiger partial charge is 0.488 e. The highest BCUT2D eigenvalue weighted by Gasteiger charge is 2.20. The van der Waals surface area contributed by atoms with Crippen LogP contribution in [0, 0.1) is 11.6 Å². The van der Waals surface area contributed by atoms with Crippen LogP contribution in [-0.4, -0.2) is 53.6 Å². The molecular weight excluding hydrogens is 388 g/mol. The van der Waals surface area contributed by atoms with Gasteiger partial charge in [-0.25, -0.2) is 13.8 Å². The lowest BCUT2D eigenvalue weighted by Crippen LogP contribution is -2.29. The highest BCUT2D eigenvalue weighted by molar-refractivity contribution is 5.55. The summed E-state index contributed by atoms with van der Waals surface area (Å²) < 4.78 is 39.9. The molecule has 1 atom stereocenters. The van der Waals surface area contributed by atoms with Gasteiger partial charge in [0.05, 0.1) is 12.3 Å². The van der Waals surface area contributed by atoms with Gasteiger partial charge in [0, 0.05) is 24.7 Å². The molecule has 3 heterocycles. The van der Waals surface area contributed by atoms with E-state index in [4.69, 9.17) is 9.15 Å². The summed E-state index contributed by atoms with van der Waals surface area (Å²) in [6, 6.07) is 3.05. The van der Waals surface area contributed by atoms with E-state index in [1.807, 2.05) is 0 Å². The van der Waals surface area contributed by atoms with Gasteiger partial charge in [0.1, 0.15) is 6.26 Å². The summed E-state index contributed by atoms with van der Waals surface area (Å²) in [5, 5.41) is 0. The number of aromatic nitrogens is 1. The maximum atomic E-state index is 14.5. The third kappa shape index (κ3) is 5.19. The number of ether oxygens (including phenoxy) is 1. The highest BCUT2D eigenvalue weighted by atomic mass is 19.1. The summed E-state index contributed by atoms with van der Waals surface area (Å²) in [5.74, 6) is -1.55. The number of halogens is 2. The van der Waals surface area contributed by atoms with Crippen LogP contribution in [0.5, 0.6) is 5.75 Å². The number of oxazole rings is 1. The molecule has 5 nitrogen and oxygen atoms in total. The van der Waals surface area contributed by atoms with Crippen LogP contribution in [0.4, 0.5) is 8.78 Å². The molecular formula is C23H31F2N3O2. The number of benzene rings is 1. The van der Waals surface area contributed by atoms with Crippen LogP contribution < -0.4 is 4.74 Å². The van der Waals surface area contributed by atoms with Crippen molar-refractivity contribution >= 4 is 0 Å². The molecule has 0 saturated carbocycles. The summed E-state index contributed by atoms with van der Waals surface area (Å²) >= 11 is 0. The SMILES string of the molecule is CC1CCCN1CCCOc1c(F)cc(-c2nc(CN3CCCCC3)co2)cc1F. The molecule has 0 amide bonds. The summed E-state index contributed by atoms with van der Waals surface area (Å²) in [5.41, 5.74) is 1.07. The Kier molecular flexibility index (Phi) is 7.00. The van der Waals surface area contributed by atoms with E-state index in [9.17, 15) is 8.78 Å². The van der Waals surface area contributed by atoms with Crippen molar-refractivity contribution in [2.75, 3.05) is 32.8 Å². The van der Waals surface area contributed by atoms with Crippen LogP contribution in [-0.2, 0) is 6.54 Å². The Balaban J connectivity index is 1.34. The number of hydrogen-bond donors (Lipinski definition) is 0. The first-order chi connectivity index (χ1) is 14.6. The molecule has 0 bridgehead atoms. The average Bonchev–Trinajstić information content (AvgIpc) is 3.36. The monoisotopic (exact) mass is 419 g/mol. The minimum Gasteiger partial charge on any atom is -0.488 e. The number of rotatable bonds is 8. The number of piperidine rings is 1. The molecule has 7 heteroatoms. The molecule has 2 fully saturated rings. The molecule has 0 radical (unpaired) electrons. The molecule has 4 rings (SSSR count). The molecule has 164 valence electrons. The van der Waals surface area contributed by atoms with Gasteiger partial charge in [-0.15, -0.1) is 0 Å². The Labute approximate surface area is 177 Å². The van der Waals surface area contributed by atoms with Crippen LogP contribution in [0.3, 0.4) is 0 Å². The van der Waals surface area contributed by atoms with Crippen LogP contribution in [0.1, 0.15) is 51.1 Å². The minimum atomic E-state index is -0.727. The fourth-order valence-corrected chi connectivity index (χ4v) is 4.45. The third-order valence-corrected chi connectivity index (χ3v) is 6.16. The predicted molar refractivity (Wildman–Crippen MR) is 111 cm³/mol. The Bertz CT molecular complexity index is 813. The molecule has 2 aromatic rings. The number of nitrogens with zero attached hydrogens (tertiary/aromatic N) is 3. The topological polar surface area (TPSA) is 41.7 Å². The molecule has 1 aromatic heterocycles. The molecule has 2 saturated heterocycles. The van der Waals surface area contributed by atoms with Crippen molar-refractivity contribution in [2.24, 2.45) is 0 Å². The maximum absolute atomic E-state index is 14.5. The molecule has 0 spiro atoms. The molecule has 0 N–H and O–H groups in total. The zero-order chi connectivity index (χ0) is 20.9. The second kappa shape index (κ2) is 9.88. The highest BCUT2D eigenvalue weighted by Crippen LogP contribution is 2.29. The summed E-state index contributed by atoms with van der Waals surface area (Å²) in [6.45, 7) is 7.28. The van der Waals surface area contributed by atoms with E-state index in [1.54, 1.807) is 6.26 Å². The second-order valence-corrected chi connectivity index (χ2v) is 8.48. The van der Waals surface area contributed by atoms with Crippen LogP contribution >= 0.6 is 0 Å². The van der Waals surface area contributed by atoms with Gasteiger partial charge < -0.3 is 14.1 Å².